The van der Waals surface area contributed by atoms with Crippen LogP contribution >= 0.6 is 11.3 Å². The second-order valence-corrected chi connectivity index (χ2v) is 6.53. The summed E-state index contributed by atoms with van der Waals surface area (Å²) >= 11 is 1.72. The summed E-state index contributed by atoms with van der Waals surface area (Å²) in [5, 5.41) is 4.53. The zero-order chi connectivity index (χ0) is 14.8. The SMILES string of the molecule is CCC(N)Cc1ccc2ccn(Cc3nc(C)cs3)c2c1. The van der Waals surface area contributed by atoms with Crippen molar-refractivity contribution in [2.75, 3.05) is 0 Å². The van der Waals surface area contributed by atoms with Gasteiger partial charge in [-0.05, 0) is 42.8 Å². The molecular weight excluding hydrogens is 278 g/mol. The van der Waals surface area contributed by atoms with E-state index in [0.717, 1.165) is 30.1 Å². The lowest BCUT2D eigenvalue weighted by Crippen LogP contribution is -2.21. The molecule has 0 saturated carbocycles. The molecule has 3 nitrogen and oxygen atoms in total. The van der Waals surface area contributed by atoms with E-state index in [9.17, 15) is 0 Å². The maximum atomic E-state index is 6.07. The lowest BCUT2D eigenvalue weighted by atomic mass is 10.0. The van der Waals surface area contributed by atoms with Crippen LogP contribution in [-0.2, 0) is 13.0 Å². The van der Waals surface area contributed by atoms with E-state index in [0.29, 0.717) is 0 Å². The van der Waals surface area contributed by atoms with E-state index < -0.39 is 0 Å². The summed E-state index contributed by atoms with van der Waals surface area (Å²) in [4.78, 5) is 4.55. The first kappa shape index (κ1) is 14.3. The molecule has 3 aromatic rings. The molecule has 2 N–H and O–H groups in total. The Morgan fingerprint density at radius 1 is 1.33 bits per heavy atom. The van der Waals surface area contributed by atoms with Crippen LogP contribution in [0.3, 0.4) is 0 Å². The van der Waals surface area contributed by atoms with Crippen LogP contribution in [0.4, 0.5) is 0 Å². The Bertz CT molecular complexity index is 741. The molecular formula is C17H21N3S. The minimum Gasteiger partial charge on any atom is -0.341 e. The lowest BCUT2D eigenvalue weighted by Gasteiger charge is -2.10. The zero-order valence-corrected chi connectivity index (χ0v) is 13.4. The Labute approximate surface area is 129 Å². The Hall–Kier alpha value is -1.65. The minimum absolute atomic E-state index is 0.243. The van der Waals surface area contributed by atoms with Gasteiger partial charge in [-0.15, -0.1) is 11.3 Å². The number of nitrogens with zero attached hydrogens (tertiary/aromatic N) is 2. The van der Waals surface area contributed by atoms with Gasteiger partial charge in [0.05, 0.1) is 6.54 Å². The quantitative estimate of drug-likeness (QED) is 0.780. The number of aromatic nitrogens is 2. The highest BCUT2D eigenvalue weighted by molar-refractivity contribution is 7.09. The fraction of sp³-hybridized carbons (Fsp3) is 0.353. The van der Waals surface area contributed by atoms with Crippen molar-refractivity contribution in [3.8, 4) is 0 Å². The van der Waals surface area contributed by atoms with Crippen molar-refractivity contribution < 1.29 is 0 Å². The smallest absolute Gasteiger partial charge is 0.113 e. The van der Waals surface area contributed by atoms with Crippen LogP contribution in [0.5, 0.6) is 0 Å². The molecule has 0 spiro atoms. The van der Waals surface area contributed by atoms with Gasteiger partial charge in [-0.3, -0.25) is 0 Å². The number of nitrogens with two attached hydrogens (primary N) is 1. The second kappa shape index (κ2) is 6.00. The maximum absolute atomic E-state index is 6.07. The third-order valence-corrected chi connectivity index (χ3v) is 4.78. The summed E-state index contributed by atoms with van der Waals surface area (Å²) < 4.78 is 2.27. The van der Waals surface area contributed by atoms with Gasteiger partial charge in [0, 0.05) is 28.8 Å². The second-order valence-electron chi connectivity index (χ2n) is 5.59. The van der Waals surface area contributed by atoms with Crippen LogP contribution in [0.1, 0.15) is 29.6 Å². The van der Waals surface area contributed by atoms with E-state index in [1.807, 2.05) is 6.92 Å². The highest BCUT2D eigenvalue weighted by Crippen LogP contribution is 2.21. The average molecular weight is 299 g/mol. The van der Waals surface area contributed by atoms with E-state index in [1.165, 1.54) is 16.5 Å². The third-order valence-electron chi connectivity index (χ3n) is 3.83. The molecule has 0 aliphatic rings. The first-order valence-corrected chi connectivity index (χ1v) is 8.28. The van der Waals surface area contributed by atoms with Gasteiger partial charge in [0.25, 0.3) is 0 Å². The number of thiazole rings is 1. The standard InChI is InChI=1S/C17H21N3S/c1-3-15(18)8-13-4-5-14-6-7-20(16(14)9-13)10-17-19-12(2)11-21-17/h4-7,9,11,15H,3,8,10,18H2,1-2H3. The molecule has 1 atom stereocenters. The number of fused-ring (bicyclic) bond motifs is 1. The molecule has 2 heterocycles. The van der Waals surface area contributed by atoms with Crippen molar-refractivity contribution in [2.24, 2.45) is 5.73 Å². The van der Waals surface area contributed by atoms with Gasteiger partial charge in [0.2, 0.25) is 0 Å². The van der Waals surface area contributed by atoms with E-state index in [4.69, 9.17) is 5.73 Å². The van der Waals surface area contributed by atoms with Gasteiger partial charge < -0.3 is 10.3 Å². The van der Waals surface area contributed by atoms with Crippen molar-refractivity contribution in [1.29, 1.82) is 0 Å². The molecule has 0 fully saturated rings. The number of hydrogen-bond acceptors (Lipinski definition) is 3. The van der Waals surface area contributed by atoms with E-state index in [-0.39, 0.29) is 6.04 Å². The van der Waals surface area contributed by atoms with E-state index in [2.05, 4.69) is 52.3 Å². The summed E-state index contributed by atoms with van der Waals surface area (Å²) in [6, 6.07) is 9.06. The summed E-state index contributed by atoms with van der Waals surface area (Å²) in [6.45, 7) is 5.01. The van der Waals surface area contributed by atoms with Crippen LogP contribution in [0.2, 0.25) is 0 Å². The van der Waals surface area contributed by atoms with Gasteiger partial charge in [-0.25, -0.2) is 4.98 Å². The van der Waals surface area contributed by atoms with Crippen molar-refractivity contribution in [3.63, 3.8) is 0 Å². The third kappa shape index (κ3) is 3.17. The number of aryl methyl sites for hydroxylation is 1. The fourth-order valence-electron chi connectivity index (χ4n) is 2.56. The Kier molecular flexibility index (Phi) is 4.08. The highest BCUT2D eigenvalue weighted by Gasteiger charge is 2.07. The van der Waals surface area contributed by atoms with E-state index in [1.54, 1.807) is 11.3 Å². The number of rotatable bonds is 5. The van der Waals surface area contributed by atoms with Crippen LogP contribution in [0, 0.1) is 6.92 Å². The largest absolute Gasteiger partial charge is 0.341 e. The molecule has 0 amide bonds. The Balaban J connectivity index is 1.90. The summed E-state index contributed by atoms with van der Waals surface area (Å²) in [7, 11) is 0. The molecule has 2 aromatic heterocycles. The maximum Gasteiger partial charge on any atom is 0.113 e. The lowest BCUT2D eigenvalue weighted by molar-refractivity contribution is 0.646. The molecule has 21 heavy (non-hydrogen) atoms. The molecule has 0 saturated heterocycles. The summed E-state index contributed by atoms with van der Waals surface area (Å²) in [6.07, 6.45) is 4.09. The molecule has 3 rings (SSSR count). The molecule has 110 valence electrons. The van der Waals surface area contributed by atoms with Crippen molar-refractivity contribution >= 4 is 22.2 Å². The molecule has 0 aliphatic carbocycles. The summed E-state index contributed by atoms with van der Waals surface area (Å²) in [5.74, 6) is 0. The monoisotopic (exact) mass is 299 g/mol. The highest BCUT2D eigenvalue weighted by atomic mass is 32.1. The Morgan fingerprint density at radius 2 is 2.19 bits per heavy atom. The predicted molar refractivity (Wildman–Crippen MR) is 89.9 cm³/mol. The van der Waals surface area contributed by atoms with E-state index >= 15 is 0 Å². The van der Waals surface area contributed by atoms with Crippen molar-refractivity contribution in [2.45, 2.75) is 39.3 Å². The fourth-order valence-corrected chi connectivity index (χ4v) is 3.33. The predicted octanol–water partition coefficient (Wildman–Crippen LogP) is 3.73. The molecule has 0 aliphatic heterocycles. The average Bonchev–Trinajstić information content (AvgIpc) is 3.06. The number of benzene rings is 1. The first-order chi connectivity index (χ1) is 10.2. The molecule has 1 unspecified atom stereocenters. The van der Waals surface area contributed by atoms with Crippen LogP contribution < -0.4 is 5.73 Å². The molecule has 0 radical (unpaired) electrons. The first-order valence-electron chi connectivity index (χ1n) is 7.40. The van der Waals surface area contributed by atoms with Crippen LogP contribution in [0.25, 0.3) is 10.9 Å². The zero-order valence-electron chi connectivity index (χ0n) is 12.5. The Morgan fingerprint density at radius 3 is 2.90 bits per heavy atom. The molecule has 4 heteroatoms. The van der Waals surface area contributed by atoms with Crippen molar-refractivity contribution in [3.05, 3.63) is 52.1 Å². The van der Waals surface area contributed by atoms with Crippen LogP contribution in [0.15, 0.2) is 35.8 Å². The van der Waals surface area contributed by atoms with Gasteiger partial charge in [0.1, 0.15) is 5.01 Å². The molecule has 1 aromatic carbocycles. The number of hydrogen-bond donors (Lipinski definition) is 1. The summed E-state index contributed by atoms with van der Waals surface area (Å²) in [5.41, 5.74) is 9.75. The van der Waals surface area contributed by atoms with Gasteiger partial charge >= 0.3 is 0 Å². The van der Waals surface area contributed by atoms with Gasteiger partial charge in [-0.2, -0.15) is 0 Å². The minimum atomic E-state index is 0.243. The molecule has 0 bridgehead atoms. The topological polar surface area (TPSA) is 43.8 Å². The van der Waals surface area contributed by atoms with Gasteiger partial charge in [-0.1, -0.05) is 19.1 Å². The van der Waals surface area contributed by atoms with Crippen LogP contribution in [-0.4, -0.2) is 15.6 Å². The normalized spacial score (nSPS) is 12.9. The van der Waals surface area contributed by atoms with Crippen molar-refractivity contribution in [1.82, 2.24) is 9.55 Å². The van der Waals surface area contributed by atoms with Gasteiger partial charge in [0.15, 0.2) is 0 Å².